The summed E-state index contributed by atoms with van der Waals surface area (Å²) >= 11 is 0. The maximum absolute atomic E-state index is 5.86. The maximum Gasteiger partial charge on any atom is 0.145 e. The molecular formula is C24H30N4O. The standard InChI is InChI=1S/C24H30N4O/c1-17-16-21(19-10-7-12-22(24(19)27-17)29-15-13-25)28-23(18-8-3-2-4-9-18)20-11-5-6-14-26-20/h2-4,7-10,12,16,20,23,26H,5-6,11,13-15,25H2,1H3,(H,27,28)/t20-,23-/m0/s1. The summed E-state index contributed by atoms with van der Waals surface area (Å²) in [5, 5.41) is 8.64. The number of rotatable bonds is 7. The lowest BCUT2D eigenvalue weighted by Crippen LogP contribution is -2.41. The Morgan fingerprint density at radius 1 is 1.17 bits per heavy atom. The lowest BCUT2D eigenvalue weighted by Gasteiger charge is -2.33. The summed E-state index contributed by atoms with van der Waals surface area (Å²) in [5.74, 6) is 0.784. The molecular weight excluding hydrogens is 360 g/mol. The van der Waals surface area contributed by atoms with Crippen molar-refractivity contribution in [2.75, 3.05) is 25.0 Å². The van der Waals surface area contributed by atoms with Crippen LogP contribution in [0.3, 0.4) is 0 Å². The topological polar surface area (TPSA) is 72.2 Å². The van der Waals surface area contributed by atoms with Crippen LogP contribution in [0.5, 0.6) is 5.75 Å². The van der Waals surface area contributed by atoms with Crippen LogP contribution >= 0.6 is 0 Å². The molecule has 4 rings (SSSR count). The quantitative estimate of drug-likeness (QED) is 0.565. The highest BCUT2D eigenvalue weighted by Gasteiger charge is 2.25. The van der Waals surface area contributed by atoms with Gasteiger partial charge in [0.1, 0.15) is 17.9 Å². The fourth-order valence-electron chi connectivity index (χ4n) is 4.16. The van der Waals surface area contributed by atoms with Gasteiger partial charge in [-0.3, -0.25) is 0 Å². The van der Waals surface area contributed by atoms with Crippen molar-refractivity contribution in [1.29, 1.82) is 0 Å². The SMILES string of the molecule is Cc1cc(N[C@@H](c2ccccc2)[C@@H]2CCCCN2)c2cccc(OCCN)c2n1. The molecule has 0 radical (unpaired) electrons. The van der Waals surface area contributed by atoms with E-state index in [0.717, 1.165) is 34.6 Å². The lowest BCUT2D eigenvalue weighted by molar-refractivity contribution is 0.331. The molecule has 2 atom stereocenters. The Balaban J connectivity index is 1.73. The van der Waals surface area contributed by atoms with Crippen molar-refractivity contribution in [3.8, 4) is 5.75 Å². The van der Waals surface area contributed by atoms with Gasteiger partial charge in [0.25, 0.3) is 0 Å². The molecule has 0 unspecified atom stereocenters. The summed E-state index contributed by atoms with van der Waals surface area (Å²) in [7, 11) is 0. The van der Waals surface area contributed by atoms with Crippen molar-refractivity contribution in [3.05, 3.63) is 65.9 Å². The molecule has 3 aromatic rings. The summed E-state index contributed by atoms with van der Waals surface area (Å²) in [6.45, 7) is 4.07. The van der Waals surface area contributed by atoms with Gasteiger partial charge in [0, 0.05) is 29.4 Å². The van der Waals surface area contributed by atoms with Crippen LogP contribution in [-0.4, -0.2) is 30.7 Å². The van der Waals surface area contributed by atoms with E-state index in [0.29, 0.717) is 19.2 Å². The summed E-state index contributed by atoms with van der Waals surface area (Å²) in [5.41, 5.74) is 9.86. The molecule has 1 aliphatic heterocycles. The van der Waals surface area contributed by atoms with Crippen LogP contribution in [-0.2, 0) is 0 Å². The number of piperidine rings is 1. The minimum atomic E-state index is 0.190. The first-order valence-corrected chi connectivity index (χ1v) is 10.5. The van der Waals surface area contributed by atoms with Crippen LogP contribution in [0.4, 0.5) is 5.69 Å². The second-order valence-corrected chi connectivity index (χ2v) is 7.69. The zero-order valence-electron chi connectivity index (χ0n) is 17.0. The Labute approximate surface area is 172 Å². The predicted octanol–water partition coefficient (Wildman–Crippen LogP) is 4.18. The fraction of sp³-hybridized carbons (Fsp3) is 0.375. The molecule has 0 bridgehead atoms. The fourth-order valence-corrected chi connectivity index (χ4v) is 4.16. The molecule has 2 aromatic carbocycles. The third-order valence-corrected chi connectivity index (χ3v) is 5.53. The van der Waals surface area contributed by atoms with Crippen molar-refractivity contribution >= 4 is 16.6 Å². The van der Waals surface area contributed by atoms with Crippen molar-refractivity contribution in [1.82, 2.24) is 10.3 Å². The number of fused-ring (bicyclic) bond motifs is 1. The average molecular weight is 391 g/mol. The Hall–Kier alpha value is -2.63. The number of para-hydroxylation sites is 1. The number of ether oxygens (including phenoxy) is 1. The molecule has 0 amide bonds. The van der Waals surface area contributed by atoms with Gasteiger partial charge in [-0.1, -0.05) is 48.9 Å². The van der Waals surface area contributed by atoms with Crippen LogP contribution in [0.15, 0.2) is 54.6 Å². The predicted molar refractivity (Wildman–Crippen MR) is 119 cm³/mol. The smallest absolute Gasteiger partial charge is 0.145 e. The Morgan fingerprint density at radius 3 is 2.79 bits per heavy atom. The molecule has 1 aliphatic rings. The molecule has 0 spiro atoms. The number of nitrogens with zero attached hydrogens (tertiary/aromatic N) is 1. The van der Waals surface area contributed by atoms with Gasteiger partial charge in [-0.2, -0.15) is 0 Å². The first-order valence-electron chi connectivity index (χ1n) is 10.5. The number of aromatic nitrogens is 1. The van der Waals surface area contributed by atoms with E-state index in [1.807, 2.05) is 19.1 Å². The molecule has 152 valence electrons. The van der Waals surface area contributed by atoms with Gasteiger partial charge in [-0.15, -0.1) is 0 Å². The number of nitrogens with one attached hydrogen (secondary N) is 2. The minimum absolute atomic E-state index is 0.190. The molecule has 5 heteroatoms. The van der Waals surface area contributed by atoms with Gasteiger partial charge in [-0.25, -0.2) is 4.98 Å². The molecule has 1 aromatic heterocycles. The van der Waals surface area contributed by atoms with E-state index in [1.54, 1.807) is 0 Å². The van der Waals surface area contributed by atoms with Crippen LogP contribution in [0.1, 0.15) is 36.6 Å². The molecule has 0 saturated carbocycles. The third kappa shape index (κ3) is 4.52. The molecule has 1 fully saturated rings. The maximum atomic E-state index is 5.86. The number of nitrogens with two attached hydrogens (primary N) is 1. The van der Waals surface area contributed by atoms with E-state index in [1.165, 1.54) is 24.8 Å². The van der Waals surface area contributed by atoms with Crippen LogP contribution in [0.25, 0.3) is 10.9 Å². The molecule has 2 heterocycles. The van der Waals surface area contributed by atoms with Crippen molar-refractivity contribution in [3.63, 3.8) is 0 Å². The highest BCUT2D eigenvalue weighted by atomic mass is 16.5. The summed E-state index contributed by atoms with van der Waals surface area (Å²) in [6, 6.07) is 19.5. The highest BCUT2D eigenvalue weighted by molar-refractivity contribution is 5.95. The number of benzene rings is 2. The first-order chi connectivity index (χ1) is 14.3. The zero-order valence-corrected chi connectivity index (χ0v) is 17.0. The van der Waals surface area contributed by atoms with Gasteiger partial charge < -0.3 is 21.1 Å². The molecule has 4 N–H and O–H groups in total. The Kier molecular flexibility index (Phi) is 6.27. The van der Waals surface area contributed by atoms with Crippen molar-refractivity contribution in [2.24, 2.45) is 5.73 Å². The molecule has 29 heavy (non-hydrogen) atoms. The summed E-state index contributed by atoms with van der Waals surface area (Å²) < 4.78 is 5.86. The van der Waals surface area contributed by atoms with E-state index < -0.39 is 0 Å². The van der Waals surface area contributed by atoms with Gasteiger partial charge >= 0.3 is 0 Å². The zero-order chi connectivity index (χ0) is 20.1. The van der Waals surface area contributed by atoms with Gasteiger partial charge in [0.2, 0.25) is 0 Å². The lowest BCUT2D eigenvalue weighted by atomic mass is 9.92. The number of pyridine rings is 1. The van der Waals surface area contributed by atoms with Crippen LogP contribution < -0.4 is 21.1 Å². The Morgan fingerprint density at radius 2 is 2.03 bits per heavy atom. The molecule has 5 nitrogen and oxygen atoms in total. The monoisotopic (exact) mass is 390 g/mol. The second kappa shape index (κ2) is 9.25. The number of anilines is 1. The van der Waals surface area contributed by atoms with E-state index in [9.17, 15) is 0 Å². The molecule has 1 saturated heterocycles. The average Bonchev–Trinajstić information content (AvgIpc) is 2.77. The van der Waals surface area contributed by atoms with Gasteiger partial charge in [0.05, 0.1) is 6.04 Å². The van der Waals surface area contributed by atoms with E-state index in [-0.39, 0.29) is 6.04 Å². The van der Waals surface area contributed by atoms with E-state index in [4.69, 9.17) is 15.5 Å². The normalized spacial score (nSPS) is 17.8. The van der Waals surface area contributed by atoms with E-state index in [2.05, 4.69) is 53.1 Å². The minimum Gasteiger partial charge on any atom is -0.490 e. The van der Waals surface area contributed by atoms with E-state index >= 15 is 0 Å². The second-order valence-electron chi connectivity index (χ2n) is 7.69. The number of aryl methyl sites for hydroxylation is 1. The van der Waals surface area contributed by atoms with Gasteiger partial charge in [-0.05, 0) is 44.0 Å². The van der Waals surface area contributed by atoms with Crippen LogP contribution in [0.2, 0.25) is 0 Å². The van der Waals surface area contributed by atoms with Crippen molar-refractivity contribution < 1.29 is 4.74 Å². The number of hydrogen-bond acceptors (Lipinski definition) is 5. The van der Waals surface area contributed by atoms with Crippen molar-refractivity contribution in [2.45, 2.75) is 38.3 Å². The van der Waals surface area contributed by atoms with Gasteiger partial charge in [0.15, 0.2) is 0 Å². The van der Waals surface area contributed by atoms with Crippen LogP contribution in [0, 0.1) is 6.92 Å². The summed E-state index contributed by atoms with van der Waals surface area (Å²) in [6.07, 6.45) is 3.67. The number of hydrogen-bond donors (Lipinski definition) is 3. The molecule has 0 aliphatic carbocycles. The Bertz CT molecular complexity index is 938. The third-order valence-electron chi connectivity index (χ3n) is 5.53. The first kappa shape index (κ1) is 19.7. The summed E-state index contributed by atoms with van der Waals surface area (Å²) in [4.78, 5) is 4.76. The highest BCUT2D eigenvalue weighted by Crippen LogP contribution is 2.34. The largest absolute Gasteiger partial charge is 0.490 e.